The number of hydrogen-bond donors (Lipinski definition) is 1. The van der Waals surface area contributed by atoms with Crippen LogP contribution in [0, 0.1) is 6.92 Å². The van der Waals surface area contributed by atoms with Crippen LogP contribution in [0.25, 0.3) is 11.1 Å². The third-order valence-corrected chi connectivity index (χ3v) is 8.43. The predicted molar refractivity (Wildman–Crippen MR) is 152 cm³/mol. The van der Waals surface area contributed by atoms with Gasteiger partial charge in [0.2, 0.25) is 0 Å². The molecule has 0 unspecified atom stereocenters. The van der Waals surface area contributed by atoms with E-state index in [4.69, 9.17) is 4.74 Å². The Morgan fingerprint density at radius 1 is 0.750 bits per heavy atom. The highest BCUT2D eigenvalue weighted by Gasteiger charge is 2.35. The van der Waals surface area contributed by atoms with E-state index in [1.165, 1.54) is 54.5 Å². The van der Waals surface area contributed by atoms with Gasteiger partial charge in [0.1, 0.15) is 0 Å². The maximum atomic E-state index is 6.34. The van der Waals surface area contributed by atoms with E-state index in [0.717, 1.165) is 30.2 Å². The predicted octanol–water partition coefficient (Wildman–Crippen LogP) is 7.15. The molecule has 0 spiro atoms. The molecule has 0 fully saturated rings. The van der Waals surface area contributed by atoms with Crippen molar-refractivity contribution in [2.24, 2.45) is 0 Å². The van der Waals surface area contributed by atoms with Crippen LogP contribution < -0.4 is 25.9 Å². The van der Waals surface area contributed by atoms with Crippen molar-refractivity contribution in [2.75, 3.05) is 10.2 Å². The van der Waals surface area contributed by atoms with E-state index >= 15 is 0 Å². The topological polar surface area (TPSA) is 24.5 Å². The summed E-state index contributed by atoms with van der Waals surface area (Å²) < 4.78 is 6.34. The van der Waals surface area contributed by atoms with Crippen LogP contribution in [0.5, 0.6) is 11.5 Å². The lowest BCUT2D eigenvalue weighted by Crippen LogP contribution is -2.42. The van der Waals surface area contributed by atoms with Gasteiger partial charge in [-0.3, -0.25) is 0 Å². The molecule has 0 aliphatic carbocycles. The Balaban J connectivity index is 1.37. The van der Waals surface area contributed by atoms with E-state index in [0.29, 0.717) is 0 Å². The first kappa shape index (κ1) is 20.1. The highest BCUT2D eigenvalue weighted by Crippen LogP contribution is 2.52. The van der Waals surface area contributed by atoms with E-state index < -0.39 is 0 Å². The van der Waals surface area contributed by atoms with Crippen LogP contribution in [-0.4, -0.2) is 7.28 Å². The van der Waals surface area contributed by atoms with Crippen LogP contribution >= 0.6 is 11.8 Å². The van der Waals surface area contributed by atoms with Crippen molar-refractivity contribution in [3.63, 3.8) is 0 Å². The highest BCUT2D eigenvalue weighted by molar-refractivity contribution is 7.99. The Hall–Kier alpha value is -4.09. The number of ether oxygens (including phenoxy) is 1. The van der Waals surface area contributed by atoms with Gasteiger partial charge in [-0.25, -0.2) is 0 Å². The number of rotatable bonds is 1. The summed E-state index contributed by atoms with van der Waals surface area (Å²) in [5, 5.41) is 3.76. The van der Waals surface area contributed by atoms with Crippen molar-refractivity contribution in [1.29, 1.82) is 0 Å². The van der Waals surface area contributed by atoms with Gasteiger partial charge in [-0.2, -0.15) is 0 Å². The molecule has 8 rings (SSSR count). The van der Waals surface area contributed by atoms with E-state index in [1.54, 1.807) is 0 Å². The van der Waals surface area contributed by atoms with Gasteiger partial charge in [-0.15, -0.1) is 0 Å². The Labute approximate surface area is 215 Å². The van der Waals surface area contributed by atoms with Crippen molar-refractivity contribution in [2.45, 2.75) is 16.7 Å². The summed E-state index contributed by atoms with van der Waals surface area (Å²) in [6, 6.07) is 34.7. The minimum atomic E-state index is 0.865. The first-order valence-corrected chi connectivity index (χ1v) is 13.1. The molecule has 0 saturated carbocycles. The van der Waals surface area contributed by atoms with Crippen LogP contribution in [-0.2, 0) is 0 Å². The fourth-order valence-corrected chi connectivity index (χ4v) is 6.78. The number of benzene rings is 5. The number of anilines is 5. The molecule has 0 amide bonds. The summed E-state index contributed by atoms with van der Waals surface area (Å²) in [6.45, 7) is 2.20. The van der Waals surface area contributed by atoms with Gasteiger partial charge in [0.05, 0.1) is 22.7 Å². The molecule has 0 atom stereocenters. The van der Waals surface area contributed by atoms with Crippen molar-refractivity contribution in [1.82, 2.24) is 0 Å². The second-order valence-electron chi connectivity index (χ2n) is 9.56. The lowest BCUT2D eigenvalue weighted by Gasteiger charge is -2.39. The molecule has 0 bridgehead atoms. The molecule has 5 aromatic carbocycles. The van der Waals surface area contributed by atoms with Gasteiger partial charge < -0.3 is 15.0 Å². The standard InChI is InChI=1S/C31H21BN2OS/c1-18-16-20(19-8-6-15-28-30(19)33-22-10-2-5-14-27(22)36-28)29-24(17-18)34-23-11-3-4-12-25(23)35-26-13-7-9-21(32-29)31(26)34/h2-17,32-33H,1H3. The van der Waals surface area contributed by atoms with Crippen molar-refractivity contribution < 1.29 is 4.74 Å². The molecule has 5 heteroatoms. The molecule has 1 N–H and O–H groups in total. The first-order valence-electron chi connectivity index (χ1n) is 12.2. The monoisotopic (exact) mass is 480 g/mol. The number of fused-ring (bicyclic) bond motifs is 6. The Kier molecular flexibility index (Phi) is 4.17. The largest absolute Gasteiger partial charge is 0.453 e. The van der Waals surface area contributed by atoms with Gasteiger partial charge in [0.25, 0.3) is 0 Å². The molecule has 36 heavy (non-hydrogen) atoms. The van der Waals surface area contributed by atoms with E-state index in [2.05, 4.69) is 108 Å². The molecule has 0 aromatic heterocycles. The summed E-state index contributed by atoms with van der Waals surface area (Å²) in [7, 11) is 0.865. The molecular formula is C31H21BN2OS. The summed E-state index contributed by atoms with van der Waals surface area (Å²) >= 11 is 1.84. The number of nitrogens with one attached hydrogen (secondary N) is 1. The molecule has 0 saturated heterocycles. The SMILES string of the molecule is Cc1cc(-c2cccc3c2Nc2ccccc2S3)c2c(c1)N1c3ccccc3Oc3cccc(c31)B2. The molecule has 0 radical (unpaired) electrons. The maximum absolute atomic E-state index is 6.34. The summed E-state index contributed by atoms with van der Waals surface area (Å²) in [6.07, 6.45) is 0. The first-order chi connectivity index (χ1) is 17.7. The van der Waals surface area contributed by atoms with Crippen LogP contribution in [0.1, 0.15) is 5.56 Å². The number of hydrogen-bond acceptors (Lipinski definition) is 4. The average molecular weight is 480 g/mol. The molecule has 3 nitrogen and oxygen atoms in total. The van der Waals surface area contributed by atoms with Gasteiger partial charge >= 0.3 is 0 Å². The van der Waals surface area contributed by atoms with Crippen LogP contribution in [0.3, 0.4) is 0 Å². The normalized spacial score (nSPS) is 13.6. The number of aryl methyl sites for hydroxylation is 1. The molecule has 3 aliphatic rings. The zero-order valence-electron chi connectivity index (χ0n) is 19.7. The lowest BCUT2D eigenvalue weighted by molar-refractivity contribution is 0.477. The van der Waals surface area contributed by atoms with Gasteiger partial charge in [-0.05, 0) is 66.0 Å². The van der Waals surface area contributed by atoms with Gasteiger partial charge in [0, 0.05) is 21.0 Å². The minimum Gasteiger partial charge on any atom is -0.453 e. The zero-order valence-corrected chi connectivity index (χ0v) is 20.5. The van der Waals surface area contributed by atoms with E-state index in [9.17, 15) is 0 Å². The van der Waals surface area contributed by atoms with Crippen molar-refractivity contribution in [3.8, 4) is 22.6 Å². The third-order valence-electron chi connectivity index (χ3n) is 7.29. The average Bonchev–Trinajstić information content (AvgIpc) is 2.91. The molecular weight excluding hydrogens is 459 g/mol. The molecule has 3 aliphatic heterocycles. The second-order valence-corrected chi connectivity index (χ2v) is 10.6. The summed E-state index contributed by atoms with van der Waals surface area (Å²) in [5.41, 5.74) is 12.3. The minimum absolute atomic E-state index is 0.865. The van der Waals surface area contributed by atoms with Crippen molar-refractivity contribution >= 4 is 58.4 Å². The lowest BCUT2D eigenvalue weighted by atomic mass is 9.58. The molecule has 3 heterocycles. The fourth-order valence-electron chi connectivity index (χ4n) is 5.76. The van der Waals surface area contributed by atoms with Crippen molar-refractivity contribution in [3.05, 3.63) is 103 Å². The van der Waals surface area contributed by atoms with Gasteiger partial charge in [-0.1, -0.05) is 71.8 Å². The Morgan fingerprint density at radius 2 is 1.56 bits per heavy atom. The van der Waals surface area contributed by atoms with E-state index in [1.807, 2.05) is 17.8 Å². The number of para-hydroxylation sites is 5. The quantitative estimate of drug-likeness (QED) is 0.252. The number of nitrogens with zero attached hydrogens (tertiary/aromatic N) is 1. The van der Waals surface area contributed by atoms with Crippen LogP contribution in [0.15, 0.2) is 107 Å². The molecule has 170 valence electrons. The molecule has 5 aromatic rings. The highest BCUT2D eigenvalue weighted by atomic mass is 32.2. The Morgan fingerprint density at radius 3 is 2.53 bits per heavy atom. The van der Waals surface area contributed by atoms with E-state index in [-0.39, 0.29) is 0 Å². The second kappa shape index (κ2) is 7.46. The zero-order chi connectivity index (χ0) is 23.8. The maximum Gasteiger partial charge on any atom is 0.198 e. The third kappa shape index (κ3) is 2.84. The van der Waals surface area contributed by atoms with Crippen LogP contribution in [0.4, 0.5) is 28.4 Å². The summed E-state index contributed by atoms with van der Waals surface area (Å²) in [4.78, 5) is 4.93. The Bertz CT molecular complexity index is 1730. The fraction of sp³-hybridized carbons (Fsp3) is 0.0323. The van der Waals surface area contributed by atoms with Crippen LogP contribution in [0.2, 0.25) is 0 Å². The summed E-state index contributed by atoms with van der Waals surface area (Å²) in [5.74, 6) is 1.82. The smallest absolute Gasteiger partial charge is 0.198 e. The van der Waals surface area contributed by atoms with Gasteiger partial charge in [0.15, 0.2) is 18.8 Å².